The Kier molecular flexibility index (Phi) is 5.54. The van der Waals surface area contributed by atoms with Gasteiger partial charge in [0.15, 0.2) is 6.79 Å². The molecule has 2 aromatic rings. The van der Waals surface area contributed by atoms with E-state index in [4.69, 9.17) is 5.11 Å². The van der Waals surface area contributed by atoms with Gasteiger partial charge < -0.3 is 9.84 Å². The van der Waals surface area contributed by atoms with E-state index in [0.717, 1.165) is 17.9 Å². The second-order valence-electron chi connectivity index (χ2n) is 7.40. The van der Waals surface area contributed by atoms with Gasteiger partial charge in [-0.05, 0) is 57.7 Å². The van der Waals surface area contributed by atoms with Gasteiger partial charge in [-0.1, -0.05) is 50.3 Å². The summed E-state index contributed by atoms with van der Waals surface area (Å²) >= 11 is 0. The van der Waals surface area contributed by atoms with Crippen LogP contribution in [0.3, 0.4) is 0 Å². The summed E-state index contributed by atoms with van der Waals surface area (Å²) in [5.41, 5.74) is 2.05. The first-order valence-electron chi connectivity index (χ1n) is 8.84. The van der Waals surface area contributed by atoms with Crippen molar-refractivity contribution in [1.29, 1.82) is 0 Å². The largest absolute Gasteiger partial charge is 0.435 e. The van der Waals surface area contributed by atoms with E-state index < -0.39 is 22.8 Å². The van der Waals surface area contributed by atoms with Crippen LogP contribution < -0.4 is 0 Å². The molecule has 1 heterocycles. The monoisotopic (exact) mass is 370 g/mol. The topological polar surface area (TPSA) is 46.5 Å². The Balaban J connectivity index is 1.95. The molecule has 3 nitrogen and oxygen atoms in total. The summed E-state index contributed by atoms with van der Waals surface area (Å²) in [6, 6.07) is 18.3. The zero-order valence-electron chi connectivity index (χ0n) is 15.4. The minimum absolute atomic E-state index is 0.234. The molecule has 138 valence electrons. The molecule has 26 heavy (non-hydrogen) atoms. The lowest BCUT2D eigenvalue weighted by molar-refractivity contribution is 0.00683. The summed E-state index contributed by atoms with van der Waals surface area (Å²) in [4.78, 5) is 13.1. The number of carbonyl (C=O) groups is 1. The van der Waals surface area contributed by atoms with Crippen LogP contribution in [0.5, 0.6) is 0 Å². The van der Waals surface area contributed by atoms with Crippen LogP contribution in [0.25, 0.3) is 0 Å². The highest BCUT2D eigenvalue weighted by Gasteiger charge is 2.31. The highest BCUT2D eigenvalue weighted by atomic mass is 32.3. The van der Waals surface area contributed by atoms with Gasteiger partial charge in [-0.15, -0.1) is 0 Å². The van der Waals surface area contributed by atoms with Gasteiger partial charge in [0, 0.05) is 5.75 Å². The Morgan fingerprint density at radius 1 is 1.12 bits per heavy atom. The Labute approximate surface area is 157 Å². The first kappa shape index (κ1) is 18.7. The zero-order chi connectivity index (χ0) is 18.6. The average Bonchev–Trinajstić information content (AvgIpc) is 2.65. The van der Waals surface area contributed by atoms with Crippen molar-refractivity contribution >= 4 is 16.0 Å². The Hall–Kier alpha value is -2.04. The van der Waals surface area contributed by atoms with Crippen molar-refractivity contribution in [2.45, 2.75) is 30.9 Å². The number of aliphatic hydroxyl groups excluding tert-OH is 1. The maximum atomic E-state index is 11.8. The van der Waals surface area contributed by atoms with E-state index in [-0.39, 0.29) is 5.41 Å². The van der Waals surface area contributed by atoms with Gasteiger partial charge >= 0.3 is 5.97 Å². The van der Waals surface area contributed by atoms with Crippen LogP contribution in [0.4, 0.5) is 0 Å². The van der Waals surface area contributed by atoms with E-state index in [1.54, 1.807) is 12.1 Å². The van der Waals surface area contributed by atoms with E-state index in [2.05, 4.69) is 66.5 Å². The molecule has 1 aliphatic rings. The molecule has 3 rings (SSSR count). The van der Waals surface area contributed by atoms with Crippen LogP contribution in [-0.2, 0) is 10.5 Å². The van der Waals surface area contributed by atoms with Gasteiger partial charge in [0.25, 0.3) is 0 Å². The third-order valence-corrected chi connectivity index (χ3v) is 8.56. The summed E-state index contributed by atoms with van der Waals surface area (Å²) in [5, 5.41) is 11.2. The first-order chi connectivity index (χ1) is 12.4. The summed E-state index contributed by atoms with van der Waals surface area (Å²) in [6.07, 6.45) is 3.52. The van der Waals surface area contributed by atoms with Crippen molar-refractivity contribution in [3.63, 3.8) is 0 Å². The molecule has 2 aromatic carbocycles. The lowest BCUT2D eigenvalue weighted by Gasteiger charge is -2.44. The average molecular weight is 371 g/mol. The number of carbonyl (C=O) groups excluding carboxylic acids is 1. The molecule has 0 saturated heterocycles. The van der Waals surface area contributed by atoms with Crippen molar-refractivity contribution in [1.82, 2.24) is 0 Å². The predicted molar refractivity (Wildman–Crippen MR) is 107 cm³/mol. The minimum atomic E-state index is -1.14. The van der Waals surface area contributed by atoms with Gasteiger partial charge in [-0.25, -0.2) is 4.79 Å². The Morgan fingerprint density at radius 2 is 1.81 bits per heavy atom. The summed E-state index contributed by atoms with van der Waals surface area (Å²) in [5.74, 6) is 1.67. The van der Waals surface area contributed by atoms with Crippen LogP contribution in [0.1, 0.15) is 36.2 Å². The Morgan fingerprint density at radius 3 is 2.38 bits per heavy atom. The number of rotatable bonds is 5. The van der Waals surface area contributed by atoms with Gasteiger partial charge in [0.1, 0.15) is 0 Å². The number of hydrogen-bond donors (Lipinski definition) is 1. The molecule has 0 aromatic heterocycles. The van der Waals surface area contributed by atoms with Gasteiger partial charge in [-0.2, -0.15) is 10.0 Å². The van der Waals surface area contributed by atoms with Crippen LogP contribution in [0.2, 0.25) is 0 Å². The minimum Gasteiger partial charge on any atom is -0.435 e. The number of hydrogen-bond acceptors (Lipinski definition) is 3. The third kappa shape index (κ3) is 4.19. The van der Waals surface area contributed by atoms with E-state index in [9.17, 15) is 4.79 Å². The molecule has 1 aliphatic heterocycles. The molecule has 1 unspecified atom stereocenters. The molecular formula is C22H26O3S. The lowest BCUT2D eigenvalue weighted by atomic mass is 9.90. The molecular weight excluding hydrogens is 344 g/mol. The van der Waals surface area contributed by atoms with Crippen LogP contribution in [0, 0.1) is 5.41 Å². The molecule has 4 heteroatoms. The fourth-order valence-corrected chi connectivity index (χ4v) is 7.11. The molecule has 1 N–H and O–H groups in total. The molecule has 0 fully saturated rings. The Bertz CT molecular complexity index is 781. The second-order valence-corrected chi connectivity index (χ2v) is 10.7. The second kappa shape index (κ2) is 7.68. The van der Waals surface area contributed by atoms with Crippen molar-refractivity contribution in [3.05, 3.63) is 77.2 Å². The van der Waals surface area contributed by atoms with Crippen molar-refractivity contribution in [2.24, 2.45) is 5.41 Å². The molecule has 0 saturated carbocycles. The predicted octanol–water partition coefficient (Wildman–Crippen LogP) is 5.10. The lowest BCUT2D eigenvalue weighted by Crippen LogP contribution is -2.20. The standard InChI is InChI=1S/C22H26O3S/c1-22(2)12-14-26(15-13-22,16-18-6-4-3-5-7-18)20-10-8-19(9-11-20)21(24)25-17-23/h3-12,14,23H,13,15-17H2,1-2H3. The smallest absolute Gasteiger partial charge is 0.340 e. The van der Waals surface area contributed by atoms with Crippen LogP contribution in [0.15, 0.2) is 71.0 Å². The normalized spacial score (nSPS) is 23.8. The van der Waals surface area contributed by atoms with Crippen molar-refractivity contribution in [3.8, 4) is 0 Å². The van der Waals surface area contributed by atoms with E-state index in [1.807, 2.05) is 6.07 Å². The molecule has 1 atom stereocenters. The maximum absolute atomic E-state index is 11.8. The van der Waals surface area contributed by atoms with Gasteiger partial charge in [0.2, 0.25) is 0 Å². The summed E-state index contributed by atoms with van der Waals surface area (Å²) < 4.78 is 4.67. The van der Waals surface area contributed by atoms with E-state index >= 15 is 0 Å². The quantitative estimate of drug-likeness (QED) is 0.588. The van der Waals surface area contributed by atoms with Gasteiger partial charge in [0.05, 0.1) is 5.56 Å². The van der Waals surface area contributed by atoms with Crippen molar-refractivity contribution < 1.29 is 14.6 Å². The van der Waals surface area contributed by atoms with Crippen LogP contribution in [-0.4, -0.2) is 23.6 Å². The number of allylic oxidation sites excluding steroid dienone is 1. The SMILES string of the molecule is CC1(C)C=CS(Cc2ccccc2)(c2ccc(C(=O)OCO)cc2)CC1. The van der Waals surface area contributed by atoms with Crippen molar-refractivity contribution in [2.75, 3.05) is 12.5 Å². The molecule has 0 spiro atoms. The molecule has 0 bridgehead atoms. The summed E-state index contributed by atoms with van der Waals surface area (Å²) in [6.45, 7) is 3.97. The summed E-state index contributed by atoms with van der Waals surface area (Å²) in [7, 11) is -1.14. The fraction of sp³-hybridized carbons (Fsp3) is 0.318. The molecule has 0 radical (unpaired) electrons. The maximum Gasteiger partial charge on any atom is 0.340 e. The molecule has 0 aliphatic carbocycles. The fourth-order valence-electron chi connectivity index (χ4n) is 3.19. The third-order valence-electron chi connectivity index (χ3n) is 4.91. The highest BCUT2D eigenvalue weighted by molar-refractivity contribution is 8.35. The van der Waals surface area contributed by atoms with E-state index in [0.29, 0.717) is 5.56 Å². The first-order valence-corrected chi connectivity index (χ1v) is 10.9. The molecule has 0 amide bonds. The van der Waals surface area contributed by atoms with Crippen LogP contribution >= 0.6 is 10.0 Å². The van der Waals surface area contributed by atoms with E-state index in [1.165, 1.54) is 10.5 Å². The number of ether oxygens (including phenoxy) is 1. The number of aliphatic hydroxyl groups is 1. The number of benzene rings is 2. The van der Waals surface area contributed by atoms with Gasteiger partial charge in [-0.3, -0.25) is 0 Å². The number of esters is 1. The highest BCUT2D eigenvalue weighted by Crippen LogP contribution is 2.63. The zero-order valence-corrected chi connectivity index (χ0v) is 16.2.